The van der Waals surface area contributed by atoms with Crippen molar-refractivity contribution in [2.45, 2.75) is 24.9 Å². The van der Waals surface area contributed by atoms with Gasteiger partial charge >= 0.3 is 5.51 Å². The number of hydrogen-bond donors (Lipinski definition) is 1. The number of hydrogen-bond acceptors (Lipinski definition) is 3. The van der Waals surface area contributed by atoms with Crippen LogP contribution in [0.25, 0.3) is 0 Å². The highest BCUT2D eigenvalue weighted by atomic mass is 32.2. The van der Waals surface area contributed by atoms with Crippen LogP contribution >= 0.6 is 11.8 Å². The number of halogens is 3. The zero-order valence-corrected chi connectivity index (χ0v) is 11.5. The van der Waals surface area contributed by atoms with Crippen molar-refractivity contribution in [2.24, 2.45) is 0 Å². The summed E-state index contributed by atoms with van der Waals surface area (Å²) >= 11 is -0.207. The molecule has 3 nitrogen and oxygen atoms in total. The molecule has 0 saturated heterocycles. The van der Waals surface area contributed by atoms with E-state index in [1.54, 1.807) is 31.2 Å². The Labute approximate surface area is 119 Å². The molecule has 0 unspecified atom stereocenters. The maximum atomic E-state index is 11.9. The Balaban J connectivity index is 2.43. The van der Waals surface area contributed by atoms with E-state index in [4.69, 9.17) is 5.26 Å². The van der Waals surface area contributed by atoms with Crippen LogP contribution in [0.3, 0.4) is 0 Å². The highest BCUT2D eigenvalue weighted by Gasteiger charge is 2.27. The lowest BCUT2D eigenvalue weighted by atomic mass is 10.1. The standard InChI is InChI=1S/C13H13F3N2OS/c1-9(11-4-2-10(8-17)3-5-11)18-12(19)6-7-20-13(14,15)16/h2-5,9H,6-7H2,1H3,(H,18,19)/t9-/m1/s1. The molecule has 0 bridgehead atoms. The zero-order chi connectivity index (χ0) is 15.2. The van der Waals surface area contributed by atoms with Gasteiger partial charge in [0, 0.05) is 12.2 Å². The molecule has 0 fully saturated rings. The molecular formula is C13H13F3N2OS. The van der Waals surface area contributed by atoms with Crippen molar-refractivity contribution in [3.05, 3.63) is 35.4 Å². The van der Waals surface area contributed by atoms with Gasteiger partial charge in [0.2, 0.25) is 5.91 Å². The van der Waals surface area contributed by atoms with Crippen molar-refractivity contribution in [1.82, 2.24) is 5.32 Å². The van der Waals surface area contributed by atoms with Gasteiger partial charge in [0.25, 0.3) is 0 Å². The van der Waals surface area contributed by atoms with Crippen LogP contribution in [0.1, 0.15) is 30.5 Å². The highest BCUT2D eigenvalue weighted by Crippen LogP contribution is 2.30. The number of carbonyl (C=O) groups excluding carboxylic acids is 1. The number of nitriles is 1. The van der Waals surface area contributed by atoms with Gasteiger partial charge in [0.1, 0.15) is 0 Å². The first-order valence-electron chi connectivity index (χ1n) is 5.82. The maximum Gasteiger partial charge on any atom is 0.441 e. The van der Waals surface area contributed by atoms with E-state index in [0.29, 0.717) is 5.56 Å². The van der Waals surface area contributed by atoms with E-state index < -0.39 is 11.4 Å². The summed E-state index contributed by atoms with van der Waals surface area (Å²) in [4.78, 5) is 11.5. The van der Waals surface area contributed by atoms with Gasteiger partial charge in [-0.05, 0) is 24.6 Å². The fourth-order valence-corrected chi connectivity index (χ4v) is 2.02. The Morgan fingerprint density at radius 1 is 1.40 bits per heavy atom. The molecule has 0 aliphatic carbocycles. The van der Waals surface area contributed by atoms with Crippen LogP contribution in [-0.4, -0.2) is 17.2 Å². The predicted molar refractivity (Wildman–Crippen MR) is 70.8 cm³/mol. The van der Waals surface area contributed by atoms with Crippen LogP contribution in [-0.2, 0) is 4.79 Å². The smallest absolute Gasteiger partial charge is 0.350 e. The third kappa shape index (κ3) is 5.97. The zero-order valence-electron chi connectivity index (χ0n) is 10.7. The topological polar surface area (TPSA) is 52.9 Å². The minimum absolute atomic E-state index is 0.190. The van der Waals surface area contributed by atoms with Crippen LogP contribution < -0.4 is 5.32 Å². The van der Waals surface area contributed by atoms with Gasteiger partial charge < -0.3 is 5.32 Å². The Hall–Kier alpha value is -1.68. The number of nitrogens with zero attached hydrogens (tertiary/aromatic N) is 1. The van der Waals surface area contributed by atoms with Gasteiger partial charge in [-0.15, -0.1) is 0 Å². The lowest BCUT2D eigenvalue weighted by Gasteiger charge is -2.14. The summed E-state index contributed by atoms with van der Waals surface area (Å²) in [6.45, 7) is 1.73. The molecule has 20 heavy (non-hydrogen) atoms. The van der Waals surface area contributed by atoms with Gasteiger partial charge in [-0.3, -0.25) is 4.79 Å². The maximum absolute atomic E-state index is 11.9. The number of alkyl halides is 3. The Bertz CT molecular complexity index is 494. The van der Waals surface area contributed by atoms with Crippen molar-refractivity contribution in [1.29, 1.82) is 5.26 Å². The van der Waals surface area contributed by atoms with Crippen molar-refractivity contribution < 1.29 is 18.0 Å². The molecule has 0 radical (unpaired) electrons. The van der Waals surface area contributed by atoms with Crippen molar-refractivity contribution in [3.8, 4) is 6.07 Å². The van der Waals surface area contributed by atoms with Crippen LogP contribution in [0.15, 0.2) is 24.3 Å². The number of rotatable bonds is 5. The van der Waals surface area contributed by atoms with E-state index >= 15 is 0 Å². The van der Waals surface area contributed by atoms with E-state index in [0.717, 1.165) is 5.56 Å². The van der Waals surface area contributed by atoms with Crippen LogP contribution in [0.5, 0.6) is 0 Å². The Morgan fingerprint density at radius 2 is 2.00 bits per heavy atom. The summed E-state index contributed by atoms with van der Waals surface area (Å²) in [5.41, 5.74) is -3.01. The molecular weight excluding hydrogens is 289 g/mol. The molecule has 1 amide bonds. The molecule has 0 spiro atoms. The summed E-state index contributed by atoms with van der Waals surface area (Å²) in [6.07, 6.45) is -0.190. The normalized spacial score (nSPS) is 12.6. The number of thioether (sulfide) groups is 1. The van der Waals surface area contributed by atoms with Gasteiger partial charge in [0.05, 0.1) is 17.7 Å². The average Bonchev–Trinajstić information content (AvgIpc) is 2.37. The molecule has 1 aromatic rings. The Kier molecular flexibility index (Phi) is 5.89. The van der Waals surface area contributed by atoms with Crippen molar-refractivity contribution in [3.63, 3.8) is 0 Å². The predicted octanol–water partition coefficient (Wildman–Crippen LogP) is 3.38. The fourth-order valence-electron chi connectivity index (χ4n) is 1.50. The van der Waals surface area contributed by atoms with Gasteiger partial charge in [-0.25, -0.2) is 0 Å². The molecule has 1 rings (SSSR count). The summed E-state index contributed by atoms with van der Waals surface area (Å²) in [6, 6.07) is 8.32. The molecule has 1 aromatic carbocycles. The van der Waals surface area contributed by atoms with Crippen LogP contribution in [0, 0.1) is 11.3 Å². The summed E-state index contributed by atoms with van der Waals surface area (Å²) in [7, 11) is 0. The Morgan fingerprint density at radius 3 is 2.50 bits per heavy atom. The molecule has 1 N–H and O–H groups in total. The van der Waals surface area contributed by atoms with Crippen LogP contribution in [0.2, 0.25) is 0 Å². The minimum Gasteiger partial charge on any atom is -0.350 e. The highest BCUT2D eigenvalue weighted by molar-refractivity contribution is 8.00. The lowest BCUT2D eigenvalue weighted by molar-refractivity contribution is -0.121. The monoisotopic (exact) mass is 302 g/mol. The average molecular weight is 302 g/mol. The molecule has 7 heteroatoms. The number of benzene rings is 1. The van der Waals surface area contributed by atoms with Crippen molar-refractivity contribution >= 4 is 17.7 Å². The largest absolute Gasteiger partial charge is 0.441 e. The quantitative estimate of drug-likeness (QED) is 0.907. The molecule has 0 saturated carbocycles. The second-order valence-electron chi connectivity index (χ2n) is 4.07. The fraction of sp³-hybridized carbons (Fsp3) is 0.385. The number of nitrogens with one attached hydrogen (secondary N) is 1. The second kappa shape index (κ2) is 7.20. The van der Waals surface area contributed by atoms with E-state index in [2.05, 4.69) is 5.32 Å². The second-order valence-corrected chi connectivity index (χ2v) is 5.23. The van der Waals surface area contributed by atoms with Gasteiger partial charge in [0.15, 0.2) is 0 Å². The molecule has 0 heterocycles. The molecule has 0 aliphatic heterocycles. The van der Waals surface area contributed by atoms with E-state index in [9.17, 15) is 18.0 Å². The molecule has 1 atom stereocenters. The van der Waals surface area contributed by atoms with E-state index in [-0.39, 0.29) is 30.0 Å². The molecule has 0 aliphatic rings. The first kappa shape index (κ1) is 16.4. The van der Waals surface area contributed by atoms with E-state index in [1.807, 2.05) is 6.07 Å². The molecule has 108 valence electrons. The minimum atomic E-state index is -4.31. The lowest BCUT2D eigenvalue weighted by Crippen LogP contribution is -2.27. The van der Waals surface area contributed by atoms with E-state index in [1.165, 1.54) is 0 Å². The van der Waals surface area contributed by atoms with Crippen molar-refractivity contribution in [2.75, 3.05) is 5.75 Å². The SMILES string of the molecule is C[C@@H](NC(=O)CCSC(F)(F)F)c1ccc(C#N)cc1. The summed E-state index contributed by atoms with van der Waals surface area (Å²) < 4.78 is 35.7. The number of carbonyl (C=O) groups is 1. The first-order valence-corrected chi connectivity index (χ1v) is 6.80. The number of amides is 1. The van der Waals surface area contributed by atoms with Crippen LogP contribution in [0.4, 0.5) is 13.2 Å². The third-order valence-corrected chi connectivity index (χ3v) is 3.25. The third-order valence-electron chi connectivity index (χ3n) is 2.51. The summed E-state index contributed by atoms with van der Waals surface area (Å²) in [5, 5.41) is 11.3. The van der Waals surface area contributed by atoms with Gasteiger partial charge in [-0.2, -0.15) is 18.4 Å². The molecule has 0 aromatic heterocycles. The summed E-state index contributed by atoms with van der Waals surface area (Å²) in [5.74, 6) is -0.728. The van der Waals surface area contributed by atoms with Gasteiger partial charge in [-0.1, -0.05) is 23.9 Å². The first-order chi connectivity index (χ1) is 9.31.